The van der Waals surface area contributed by atoms with Gasteiger partial charge in [-0.2, -0.15) is 0 Å². The second kappa shape index (κ2) is 12.7. The average Bonchev–Trinajstić information content (AvgIpc) is 2.91. The van der Waals surface area contributed by atoms with Crippen molar-refractivity contribution in [1.82, 2.24) is 5.32 Å². The van der Waals surface area contributed by atoms with Gasteiger partial charge in [0.2, 0.25) is 5.91 Å². The van der Waals surface area contributed by atoms with Crippen molar-refractivity contribution in [2.24, 2.45) is 0 Å². The molecule has 3 rings (SSSR count). The Hall–Kier alpha value is -3.76. The molecule has 0 aliphatic heterocycles. The summed E-state index contributed by atoms with van der Waals surface area (Å²) in [6, 6.07) is 16.7. The van der Waals surface area contributed by atoms with Crippen LogP contribution in [0.2, 0.25) is 5.02 Å². The number of amides is 2. The molecule has 3 aromatic carbocycles. The molecule has 1 atom stereocenters. The monoisotopic (exact) mass is 559 g/mol. The number of halogens is 1. The van der Waals surface area contributed by atoms with Gasteiger partial charge in [0.25, 0.3) is 15.9 Å². The van der Waals surface area contributed by atoms with Crippen LogP contribution in [0.4, 0.5) is 11.4 Å². The molecule has 0 aliphatic carbocycles. The number of sulfonamides is 1. The van der Waals surface area contributed by atoms with Crippen molar-refractivity contribution in [3.8, 4) is 11.5 Å². The van der Waals surface area contributed by atoms with Crippen molar-refractivity contribution in [3.05, 3.63) is 77.3 Å². The summed E-state index contributed by atoms with van der Waals surface area (Å²) in [4.78, 5) is 25.8. The summed E-state index contributed by atoms with van der Waals surface area (Å²) in [7, 11) is -1.40. The first-order valence-corrected chi connectivity index (χ1v) is 13.6. The molecule has 0 spiro atoms. The number of hydrogen-bond acceptors (Lipinski definition) is 6. The largest absolute Gasteiger partial charge is 0.493 e. The van der Waals surface area contributed by atoms with Crippen LogP contribution in [0, 0.1) is 0 Å². The normalized spacial score (nSPS) is 11.8. The zero-order valence-electron chi connectivity index (χ0n) is 21.5. The number of para-hydroxylation sites is 1. The van der Waals surface area contributed by atoms with E-state index in [1.165, 1.54) is 56.7 Å². The smallest absolute Gasteiger partial charge is 0.264 e. The Morgan fingerprint density at radius 1 is 0.974 bits per heavy atom. The van der Waals surface area contributed by atoms with Gasteiger partial charge in [0.15, 0.2) is 11.5 Å². The average molecular weight is 560 g/mol. The molecule has 2 N–H and O–H groups in total. The first-order valence-electron chi connectivity index (χ1n) is 11.8. The van der Waals surface area contributed by atoms with Gasteiger partial charge in [0.05, 0.1) is 36.1 Å². The van der Waals surface area contributed by atoms with E-state index in [4.69, 9.17) is 21.1 Å². The molecular formula is C27H30ClN3O6S. The highest BCUT2D eigenvalue weighted by Gasteiger charge is 2.29. The van der Waals surface area contributed by atoms with Crippen LogP contribution in [0.3, 0.4) is 0 Å². The highest BCUT2D eigenvalue weighted by atomic mass is 35.5. The van der Waals surface area contributed by atoms with Crippen LogP contribution in [0.5, 0.6) is 11.5 Å². The molecule has 0 aliphatic rings. The molecule has 0 aromatic heterocycles. The van der Waals surface area contributed by atoms with Crippen LogP contribution in [0.25, 0.3) is 0 Å². The number of carbonyl (C=O) groups excluding carboxylic acids is 2. The molecule has 0 saturated carbocycles. The maximum absolute atomic E-state index is 13.8. The van der Waals surface area contributed by atoms with Crippen LogP contribution >= 0.6 is 11.6 Å². The third-order valence-corrected chi connectivity index (χ3v) is 7.80. The Kier molecular flexibility index (Phi) is 9.60. The van der Waals surface area contributed by atoms with Crippen molar-refractivity contribution in [2.75, 3.05) is 30.4 Å². The van der Waals surface area contributed by atoms with Crippen molar-refractivity contribution in [2.45, 2.75) is 31.2 Å². The van der Waals surface area contributed by atoms with Crippen molar-refractivity contribution >= 4 is 44.8 Å². The van der Waals surface area contributed by atoms with E-state index in [-0.39, 0.29) is 39.5 Å². The highest BCUT2D eigenvalue weighted by Crippen LogP contribution is 2.32. The lowest BCUT2D eigenvalue weighted by Crippen LogP contribution is -2.38. The zero-order valence-corrected chi connectivity index (χ0v) is 23.1. The fourth-order valence-corrected chi connectivity index (χ4v) is 5.10. The van der Waals surface area contributed by atoms with E-state index in [0.717, 1.165) is 10.7 Å². The molecule has 202 valence electrons. The molecule has 2 amide bonds. The fourth-order valence-electron chi connectivity index (χ4n) is 3.54. The van der Waals surface area contributed by atoms with Gasteiger partial charge in [-0.3, -0.25) is 13.9 Å². The summed E-state index contributed by atoms with van der Waals surface area (Å²) in [5, 5.41) is 5.95. The molecule has 3 aromatic rings. The van der Waals surface area contributed by atoms with Crippen molar-refractivity contribution in [1.29, 1.82) is 0 Å². The number of carbonyl (C=O) groups is 2. The van der Waals surface area contributed by atoms with Gasteiger partial charge in [-0.15, -0.1) is 0 Å². The van der Waals surface area contributed by atoms with Crippen molar-refractivity contribution in [3.63, 3.8) is 0 Å². The minimum Gasteiger partial charge on any atom is -0.493 e. The third kappa shape index (κ3) is 6.76. The van der Waals surface area contributed by atoms with Crippen molar-refractivity contribution < 1.29 is 27.5 Å². The van der Waals surface area contributed by atoms with E-state index in [9.17, 15) is 18.0 Å². The number of benzene rings is 3. The standard InChI is InChI=1S/C27H30ClN3O6S/c1-5-18(2)29-27(33)22-8-6-7-9-23(22)30-26(32)17-31(20-12-10-19(28)11-13-20)38(34,35)21-14-15-24(36-3)25(16-21)37-4/h6-16,18H,5,17H2,1-4H3,(H,29,33)(H,30,32)/t18-/m0/s1. The lowest BCUT2D eigenvalue weighted by Gasteiger charge is -2.25. The Morgan fingerprint density at radius 2 is 1.63 bits per heavy atom. The summed E-state index contributed by atoms with van der Waals surface area (Å²) in [6.45, 7) is 3.25. The molecule has 0 saturated heterocycles. The van der Waals surface area contributed by atoms with E-state index in [1.807, 2.05) is 13.8 Å². The van der Waals surface area contributed by atoms with Gasteiger partial charge in [-0.05, 0) is 61.9 Å². The SMILES string of the molecule is CC[C@H](C)NC(=O)c1ccccc1NC(=O)CN(c1ccc(Cl)cc1)S(=O)(=O)c1ccc(OC)c(OC)c1. The fraction of sp³-hybridized carbons (Fsp3) is 0.259. The van der Waals surface area contributed by atoms with Crippen LogP contribution in [-0.4, -0.2) is 47.0 Å². The number of methoxy groups -OCH3 is 2. The molecular weight excluding hydrogens is 530 g/mol. The molecule has 38 heavy (non-hydrogen) atoms. The Labute approximate surface area is 227 Å². The van der Waals surface area contributed by atoms with Gasteiger partial charge in [0, 0.05) is 17.1 Å². The number of anilines is 2. The number of hydrogen-bond donors (Lipinski definition) is 2. The molecule has 0 bridgehead atoms. The summed E-state index contributed by atoms with van der Waals surface area (Å²) in [6.07, 6.45) is 0.740. The number of rotatable bonds is 11. The highest BCUT2D eigenvalue weighted by molar-refractivity contribution is 7.92. The van der Waals surface area contributed by atoms with E-state index in [2.05, 4.69) is 10.6 Å². The van der Waals surface area contributed by atoms with Crippen LogP contribution in [-0.2, 0) is 14.8 Å². The van der Waals surface area contributed by atoms with Gasteiger partial charge >= 0.3 is 0 Å². The van der Waals surface area contributed by atoms with E-state index < -0.39 is 22.5 Å². The quantitative estimate of drug-likeness (QED) is 0.351. The minimum absolute atomic E-state index is 0.0571. The summed E-state index contributed by atoms with van der Waals surface area (Å²) in [5.41, 5.74) is 0.752. The first kappa shape index (κ1) is 28.8. The van der Waals surface area contributed by atoms with Crippen LogP contribution in [0.1, 0.15) is 30.6 Å². The van der Waals surface area contributed by atoms with E-state index in [1.54, 1.807) is 24.3 Å². The maximum atomic E-state index is 13.8. The first-order chi connectivity index (χ1) is 18.1. The Bertz CT molecular complexity index is 1400. The van der Waals surface area contributed by atoms with E-state index in [0.29, 0.717) is 10.8 Å². The zero-order chi connectivity index (χ0) is 27.9. The van der Waals surface area contributed by atoms with Gasteiger partial charge in [-0.25, -0.2) is 8.42 Å². The summed E-state index contributed by atoms with van der Waals surface area (Å²) in [5.74, 6) is -0.416. The molecule has 9 nitrogen and oxygen atoms in total. The summed E-state index contributed by atoms with van der Waals surface area (Å²) < 4.78 is 38.9. The maximum Gasteiger partial charge on any atom is 0.264 e. The topological polar surface area (TPSA) is 114 Å². The predicted octanol–water partition coefficient (Wildman–Crippen LogP) is 4.72. The number of nitrogens with zero attached hydrogens (tertiary/aromatic N) is 1. The van der Waals surface area contributed by atoms with Gasteiger partial charge in [-0.1, -0.05) is 30.7 Å². The second-order valence-electron chi connectivity index (χ2n) is 8.38. The number of ether oxygens (including phenoxy) is 2. The van der Waals surface area contributed by atoms with Gasteiger partial charge in [0.1, 0.15) is 6.54 Å². The van der Waals surface area contributed by atoms with Crippen LogP contribution < -0.4 is 24.4 Å². The Morgan fingerprint density at radius 3 is 2.26 bits per heavy atom. The Balaban J connectivity index is 1.95. The predicted molar refractivity (Wildman–Crippen MR) is 148 cm³/mol. The third-order valence-electron chi connectivity index (χ3n) is 5.78. The lowest BCUT2D eigenvalue weighted by molar-refractivity contribution is -0.114. The number of nitrogens with one attached hydrogen (secondary N) is 2. The molecule has 0 fully saturated rings. The summed E-state index contributed by atoms with van der Waals surface area (Å²) >= 11 is 6.01. The van der Waals surface area contributed by atoms with Crippen LogP contribution in [0.15, 0.2) is 71.6 Å². The molecule has 0 unspecified atom stereocenters. The molecule has 0 radical (unpaired) electrons. The second-order valence-corrected chi connectivity index (χ2v) is 10.7. The lowest BCUT2D eigenvalue weighted by atomic mass is 10.1. The minimum atomic E-state index is -4.24. The van der Waals surface area contributed by atoms with Gasteiger partial charge < -0.3 is 20.1 Å². The molecule has 11 heteroatoms. The van der Waals surface area contributed by atoms with E-state index >= 15 is 0 Å². The molecule has 0 heterocycles.